The van der Waals surface area contributed by atoms with Crippen molar-refractivity contribution < 1.29 is 0 Å². The Morgan fingerprint density at radius 1 is 1.33 bits per heavy atom. The van der Waals surface area contributed by atoms with Gasteiger partial charge in [-0.1, -0.05) is 24.3 Å². The van der Waals surface area contributed by atoms with Crippen molar-refractivity contribution in [2.75, 3.05) is 19.6 Å². The first-order chi connectivity index (χ1) is 10.3. The summed E-state index contributed by atoms with van der Waals surface area (Å²) in [6.45, 7) is 5.63. The molecule has 21 heavy (non-hydrogen) atoms. The van der Waals surface area contributed by atoms with E-state index in [1.54, 1.807) is 0 Å². The van der Waals surface area contributed by atoms with E-state index in [-0.39, 0.29) is 5.56 Å². The van der Waals surface area contributed by atoms with Gasteiger partial charge in [0.25, 0.3) is 5.56 Å². The molecule has 0 spiro atoms. The molecule has 0 aliphatic carbocycles. The summed E-state index contributed by atoms with van der Waals surface area (Å²) in [6.07, 6.45) is 2.23. The quantitative estimate of drug-likeness (QED) is 0.902. The molecule has 6 heteroatoms. The zero-order valence-corrected chi connectivity index (χ0v) is 12.3. The van der Waals surface area contributed by atoms with Crippen LogP contribution in [0, 0.1) is 0 Å². The van der Waals surface area contributed by atoms with Gasteiger partial charge in [-0.05, 0) is 44.6 Å². The zero-order valence-electron chi connectivity index (χ0n) is 12.3. The van der Waals surface area contributed by atoms with Gasteiger partial charge in [0.2, 0.25) is 0 Å². The summed E-state index contributed by atoms with van der Waals surface area (Å²) >= 11 is 0. The van der Waals surface area contributed by atoms with Crippen molar-refractivity contribution in [3.63, 3.8) is 0 Å². The second-order valence-electron chi connectivity index (χ2n) is 5.44. The molecule has 0 radical (unpaired) electrons. The van der Waals surface area contributed by atoms with Gasteiger partial charge in [-0.3, -0.25) is 9.69 Å². The van der Waals surface area contributed by atoms with E-state index in [0.29, 0.717) is 23.6 Å². The molecule has 0 atom stereocenters. The van der Waals surface area contributed by atoms with Crippen molar-refractivity contribution in [3.05, 3.63) is 34.6 Å². The highest BCUT2D eigenvalue weighted by molar-refractivity contribution is 5.76. The fourth-order valence-electron chi connectivity index (χ4n) is 2.93. The molecular weight excluding hydrogens is 266 g/mol. The third-order valence-corrected chi connectivity index (χ3v) is 4.18. The number of nitrogens with zero attached hydrogens (tertiary/aromatic N) is 4. The molecule has 1 aliphatic rings. The van der Waals surface area contributed by atoms with Gasteiger partial charge in [0.05, 0.1) is 12.1 Å². The van der Waals surface area contributed by atoms with E-state index in [0.717, 1.165) is 32.5 Å². The molecule has 0 bridgehead atoms. The molecule has 2 heterocycles. The predicted octanol–water partition coefficient (Wildman–Crippen LogP) is 0.823. The Balaban J connectivity index is 1.86. The van der Waals surface area contributed by atoms with Crippen LogP contribution in [-0.4, -0.2) is 45.6 Å². The van der Waals surface area contributed by atoms with Crippen LogP contribution < -0.4 is 10.9 Å². The van der Waals surface area contributed by atoms with Crippen molar-refractivity contribution in [1.29, 1.82) is 0 Å². The Kier molecular flexibility index (Phi) is 4.26. The minimum absolute atomic E-state index is 0.0621. The zero-order chi connectivity index (χ0) is 14.7. The van der Waals surface area contributed by atoms with E-state index in [9.17, 15) is 4.79 Å². The maximum Gasteiger partial charge on any atom is 0.278 e. The van der Waals surface area contributed by atoms with Crippen LogP contribution in [0.3, 0.4) is 0 Å². The predicted molar refractivity (Wildman–Crippen MR) is 82.1 cm³/mol. The third kappa shape index (κ3) is 2.96. The van der Waals surface area contributed by atoms with E-state index < -0.39 is 0 Å². The lowest BCUT2D eigenvalue weighted by atomic mass is 10.1. The molecule has 6 nitrogen and oxygen atoms in total. The van der Waals surface area contributed by atoms with Gasteiger partial charge in [-0.25, -0.2) is 0 Å². The van der Waals surface area contributed by atoms with Crippen LogP contribution in [0.5, 0.6) is 0 Å². The van der Waals surface area contributed by atoms with Crippen LogP contribution >= 0.6 is 0 Å². The summed E-state index contributed by atoms with van der Waals surface area (Å²) < 4.78 is 1.48. The second-order valence-corrected chi connectivity index (χ2v) is 5.44. The first-order valence-electron chi connectivity index (χ1n) is 7.57. The minimum Gasteiger partial charge on any atom is -0.317 e. The lowest BCUT2D eigenvalue weighted by Crippen LogP contribution is -2.45. The van der Waals surface area contributed by atoms with Crippen LogP contribution in [0.1, 0.15) is 19.8 Å². The van der Waals surface area contributed by atoms with Crippen molar-refractivity contribution in [3.8, 4) is 0 Å². The fraction of sp³-hybridized carbons (Fsp3) is 0.533. The molecule has 0 saturated carbocycles. The Morgan fingerprint density at radius 3 is 2.86 bits per heavy atom. The molecule has 112 valence electrons. The maximum absolute atomic E-state index is 12.5. The monoisotopic (exact) mass is 287 g/mol. The summed E-state index contributed by atoms with van der Waals surface area (Å²) in [7, 11) is 0. The average molecular weight is 287 g/mol. The lowest BCUT2D eigenvalue weighted by Gasteiger charge is -2.33. The SMILES string of the molecule is CCN(Cn1nnc2ccccc2c1=O)C1CCNCC1. The number of aromatic nitrogens is 3. The van der Waals surface area contributed by atoms with Crippen LogP contribution in [0.15, 0.2) is 29.1 Å². The second kappa shape index (κ2) is 6.32. The van der Waals surface area contributed by atoms with Crippen molar-refractivity contribution in [2.24, 2.45) is 0 Å². The maximum atomic E-state index is 12.5. The lowest BCUT2D eigenvalue weighted by molar-refractivity contribution is 0.120. The highest BCUT2D eigenvalue weighted by atomic mass is 16.1. The van der Waals surface area contributed by atoms with Crippen LogP contribution in [-0.2, 0) is 6.67 Å². The van der Waals surface area contributed by atoms with E-state index in [1.807, 2.05) is 24.3 Å². The number of hydrogen-bond acceptors (Lipinski definition) is 5. The molecule has 2 aromatic rings. The molecule has 1 N–H and O–H groups in total. The standard InChI is InChI=1S/C15H21N5O/c1-2-19(12-7-9-16-10-8-12)11-20-15(21)13-5-3-4-6-14(13)17-18-20/h3-6,12,16H,2,7-11H2,1H3. The van der Waals surface area contributed by atoms with Gasteiger partial charge in [-0.15, -0.1) is 5.10 Å². The molecule has 1 saturated heterocycles. The Hall–Kier alpha value is -1.79. The highest BCUT2D eigenvalue weighted by Gasteiger charge is 2.20. The van der Waals surface area contributed by atoms with Crippen molar-refractivity contribution >= 4 is 10.9 Å². The number of nitrogens with one attached hydrogen (secondary N) is 1. The van der Waals surface area contributed by atoms with Crippen LogP contribution in [0.4, 0.5) is 0 Å². The van der Waals surface area contributed by atoms with Crippen molar-refractivity contribution in [2.45, 2.75) is 32.5 Å². The average Bonchev–Trinajstić information content (AvgIpc) is 2.55. The summed E-state index contributed by atoms with van der Waals surface area (Å²) in [5, 5.41) is 12.2. The first-order valence-corrected chi connectivity index (χ1v) is 7.57. The highest BCUT2D eigenvalue weighted by Crippen LogP contribution is 2.12. The number of fused-ring (bicyclic) bond motifs is 1. The normalized spacial score (nSPS) is 16.7. The topological polar surface area (TPSA) is 63.1 Å². The van der Waals surface area contributed by atoms with Gasteiger partial charge < -0.3 is 5.32 Å². The van der Waals surface area contributed by atoms with Crippen molar-refractivity contribution in [1.82, 2.24) is 25.2 Å². The molecule has 0 unspecified atom stereocenters. The number of piperidine rings is 1. The fourth-order valence-corrected chi connectivity index (χ4v) is 2.93. The first kappa shape index (κ1) is 14.2. The van der Waals surface area contributed by atoms with Crippen LogP contribution in [0.2, 0.25) is 0 Å². The molecule has 1 aromatic carbocycles. The van der Waals surface area contributed by atoms with E-state index in [1.165, 1.54) is 4.68 Å². The molecule has 1 aliphatic heterocycles. The smallest absolute Gasteiger partial charge is 0.278 e. The summed E-state index contributed by atoms with van der Waals surface area (Å²) in [5.41, 5.74) is 0.594. The van der Waals surface area contributed by atoms with E-state index in [2.05, 4.69) is 27.5 Å². The van der Waals surface area contributed by atoms with Crippen LogP contribution in [0.25, 0.3) is 10.9 Å². The van der Waals surface area contributed by atoms with E-state index >= 15 is 0 Å². The molecule has 1 fully saturated rings. The third-order valence-electron chi connectivity index (χ3n) is 4.18. The minimum atomic E-state index is -0.0621. The molecule has 0 amide bonds. The number of benzene rings is 1. The van der Waals surface area contributed by atoms with Gasteiger partial charge in [0, 0.05) is 6.04 Å². The van der Waals surface area contributed by atoms with Gasteiger partial charge in [0.15, 0.2) is 0 Å². The molecular formula is C15H21N5O. The largest absolute Gasteiger partial charge is 0.317 e. The summed E-state index contributed by atoms with van der Waals surface area (Å²) in [6, 6.07) is 7.87. The Morgan fingerprint density at radius 2 is 2.10 bits per heavy atom. The Labute approximate surface area is 123 Å². The molecule has 1 aromatic heterocycles. The summed E-state index contributed by atoms with van der Waals surface area (Å²) in [4.78, 5) is 14.8. The molecule has 3 rings (SSSR count). The number of rotatable bonds is 4. The van der Waals surface area contributed by atoms with Gasteiger partial charge in [0.1, 0.15) is 5.52 Å². The summed E-state index contributed by atoms with van der Waals surface area (Å²) in [5.74, 6) is 0. The van der Waals surface area contributed by atoms with Gasteiger partial charge in [-0.2, -0.15) is 4.68 Å². The number of hydrogen-bond donors (Lipinski definition) is 1. The Bertz CT molecular complexity index is 662. The van der Waals surface area contributed by atoms with E-state index in [4.69, 9.17) is 0 Å². The van der Waals surface area contributed by atoms with Gasteiger partial charge >= 0.3 is 0 Å².